The Labute approximate surface area is 214 Å². The summed E-state index contributed by atoms with van der Waals surface area (Å²) in [5.41, 5.74) is 3.32. The summed E-state index contributed by atoms with van der Waals surface area (Å²) in [5, 5.41) is 11.9. The average Bonchev–Trinajstić information content (AvgIpc) is 3.29. The summed E-state index contributed by atoms with van der Waals surface area (Å²) in [7, 11) is 0. The molecule has 0 saturated heterocycles. The van der Waals surface area contributed by atoms with Crippen LogP contribution in [0, 0.1) is 6.92 Å². The van der Waals surface area contributed by atoms with E-state index in [0.29, 0.717) is 24.7 Å². The van der Waals surface area contributed by atoms with Crippen LogP contribution in [0.4, 0.5) is 4.79 Å². The van der Waals surface area contributed by atoms with Crippen molar-refractivity contribution in [3.05, 3.63) is 108 Å². The number of amides is 1. The summed E-state index contributed by atoms with van der Waals surface area (Å²) in [6.07, 6.45) is -0.0917. The number of aromatic nitrogens is 1. The van der Waals surface area contributed by atoms with Crippen molar-refractivity contribution >= 4 is 12.1 Å². The quantitative estimate of drug-likeness (QED) is 0.291. The largest absolute Gasteiger partial charge is 0.493 e. The Kier molecular flexibility index (Phi) is 8.54. The van der Waals surface area contributed by atoms with Gasteiger partial charge < -0.3 is 24.3 Å². The highest BCUT2D eigenvalue weighted by Gasteiger charge is 2.21. The van der Waals surface area contributed by atoms with E-state index < -0.39 is 18.1 Å². The van der Waals surface area contributed by atoms with Crippen LogP contribution in [0.25, 0.3) is 11.5 Å². The van der Waals surface area contributed by atoms with Gasteiger partial charge in [-0.2, -0.15) is 0 Å². The van der Waals surface area contributed by atoms with Gasteiger partial charge in [-0.1, -0.05) is 60.7 Å². The maximum atomic E-state index is 12.1. The molecule has 8 nitrogen and oxygen atoms in total. The lowest BCUT2D eigenvalue weighted by molar-refractivity contribution is -0.139. The second-order valence-corrected chi connectivity index (χ2v) is 8.43. The second kappa shape index (κ2) is 12.4. The molecule has 0 aliphatic carbocycles. The average molecular weight is 501 g/mol. The van der Waals surface area contributed by atoms with Crippen LogP contribution in [0.5, 0.6) is 5.75 Å². The third-order valence-electron chi connectivity index (χ3n) is 5.69. The third kappa shape index (κ3) is 7.44. The second-order valence-electron chi connectivity index (χ2n) is 8.43. The minimum Gasteiger partial charge on any atom is -0.493 e. The number of carbonyl (C=O) groups excluding carboxylic acids is 1. The Morgan fingerprint density at radius 1 is 0.946 bits per heavy atom. The topological polar surface area (TPSA) is 111 Å². The minimum atomic E-state index is -1.14. The highest BCUT2D eigenvalue weighted by Crippen LogP contribution is 2.22. The van der Waals surface area contributed by atoms with E-state index >= 15 is 0 Å². The number of rotatable bonds is 11. The molecule has 8 heteroatoms. The molecule has 0 spiro atoms. The summed E-state index contributed by atoms with van der Waals surface area (Å²) in [6, 6.07) is 24.9. The Morgan fingerprint density at radius 3 is 2.30 bits per heavy atom. The van der Waals surface area contributed by atoms with Gasteiger partial charge in [0.05, 0.1) is 12.3 Å². The number of carboxylic acid groups (broad SMARTS) is 1. The molecule has 0 fully saturated rings. The molecule has 1 heterocycles. The first kappa shape index (κ1) is 25.5. The van der Waals surface area contributed by atoms with Crippen LogP contribution in [0.3, 0.4) is 0 Å². The smallest absolute Gasteiger partial charge is 0.408 e. The van der Waals surface area contributed by atoms with Crippen LogP contribution in [-0.2, 0) is 29.0 Å². The van der Waals surface area contributed by atoms with E-state index in [2.05, 4.69) is 10.3 Å². The van der Waals surface area contributed by atoms with Crippen molar-refractivity contribution in [3.8, 4) is 17.2 Å². The lowest BCUT2D eigenvalue weighted by Crippen LogP contribution is -2.42. The molecule has 0 saturated carbocycles. The number of aryl methyl sites for hydroxylation is 1. The number of oxazole rings is 1. The summed E-state index contributed by atoms with van der Waals surface area (Å²) in [4.78, 5) is 28.3. The highest BCUT2D eigenvalue weighted by molar-refractivity contribution is 5.80. The number of carbonyl (C=O) groups is 2. The van der Waals surface area contributed by atoms with Crippen LogP contribution in [0.2, 0.25) is 0 Å². The molecule has 37 heavy (non-hydrogen) atoms. The normalized spacial score (nSPS) is 11.5. The molecule has 4 rings (SSSR count). The predicted octanol–water partition coefficient (Wildman–Crippen LogP) is 5.19. The zero-order valence-corrected chi connectivity index (χ0v) is 20.4. The van der Waals surface area contributed by atoms with Crippen LogP contribution in [-0.4, -0.2) is 34.8 Å². The van der Waals surface area contributed by atoms with Crippen molar-refractivity contribution in [2.75, 3.05) is 6.61 Å². The van der Waals surface area contributed by atoms with Crippen molar-refractivity contribution in [2.24, 2.45) is 0 Å². The number of nitrogens with zero attached hydrogens (tertiary/aromatic N) is 1. The number of alkyl carbamates (subject to hydrolysis) is 1. The molecule has 1 amide bonds. The number of nitrogens with one attached hydrogen (secondary N) is 1. The monoisotopic (exact) mass is 500 g/mol. The van der Waals surface area contributed by atoms with Gasteiger partial charge in [0.2, 0.25) is 5.89 Å². The van der Waals surface area contributed by atoms with Gasteiger partial charge in [0, 0.05) is 18.4 Å². The summed E-state index contributed by atoms with van der Waals surface area (Å²) >= 11 is 0. The van der Waals surface area contributed by atoms with Crippen molar-refractivity contribution in [1.82, 2.24) is 10.3 Å². The lowest BCUT2D eigenvalue weighted by Gasteiger charge is -2.15. The van der Waals surface area contributed by atoms with Gasteiger partial charge in [-0.3, -0.25) is 0 Å². The first-order valence-electron chi connectivity index (χ1n) is 11.9. The molecule has 4 aromatic rings. The highest BCUT2D eigenvalue weighted by atomic mass is 16.5. The lowest BCUT2D eigenvalue weighted by atomic mass is 10.1. The van der Waals surface area contributed by atoms with Crippen molar-refractivity contribution < 1.29 is 28.6 Å². The van der Waals surface area contributed by atoms with Crippen LogP contribution < -0.4 is 10.1 Å². The van der Waals surface area contributed by atoms with Gasteiger partial charge in [-0.15, -0.1) is 0 Å². The van der Waals surface area contributed by atoms with E-state index in [1.807, 2.05) is 67.6 Å². The minimum absolute atomic E-state index is 0.0620. The van der Waals surface area contributed by atoms with Gasteiger partial charge in [0.25, 0.3) is 0 Å². The Hall–Kier alpha value is -4.59. The maximum absolute atomic E-state index is 12.1. The molecule has 3 aromatic carbocycles. The standard InChI is InChI=1S/C29H28N2O6/c1-20-25(30-27(37-20)23-10-6-3-7-11-23)16-17-35-24-14-12-21(13-15-24)18-26(28(32)33)31-29(34)36-19-22-8-4-2-5-9-22/h2-15,26H,16-19H2,1H3,(H,31,34)(H,32,33). The molecule has 0 aliphatic heterocycles. The van der Waals surface area contributed by atoms with Gasteiger partial charge in [0.1, 0.15) is 24.2 Å². The van der Waals surface area contributed by atoms with E-state index in [-0.39, 0.29) is 13.0 Å². The fraction of sp³-hybridized carbons (Fsp3) is 0.207. The van der Waals surface area contributed by atoms with E-state index in [1.54, 1.807) is 24.3 Å². The number of hydrogen-bond donors (Lipinski definition) is 2. The predicted molar refractivity (Wildman–Crippen MR) is 137 cm³/mol. The molecular weight excluding hydrogens is 472 g/mol. The van der Waals surface area contributed by atoms with Gasteiger partial charge >= 0.3 is 12.1 Å². The first-order chi connectivity index (χ1) is 18.0. The van der Waals surface area contributed by atoms with E-state index in [4.69, 9.17) is 13.9 Å². The number of carboxylic acids is 1. The molecule has 0 radical (unpaired) electrons. The molecule has 1 unspecified atom stereocenters. The van der Waals surface area contributed by atoms with Crippen molar-refractivity contribution in [1.29, 1.82) is 0 Å². The van der Waals surface area contributed by atoms with E-state index in [9.17, 15) is 14.7 Å². The first-order valence-corrected chi connectivity index (χ1v) is 11.9. The number of benzene rings is 3. The SMILES string of the molecule is Cc1oc(-c2ccccc2)nc1CCOc1ccc(CC(NC(=O)OCc2ccccc2)C(=O)O)cc1. The van der Waals surface area contributed by atoms with Crippen molar-refractivity contribution in [3.63, 3.8) is 0 Å². The van der Waals surface area contributed by atoms with E-state index in [1.165, 1.54) is 0 Å². The van der Waals surface area contributed by atoms with Gasteiger partial charge in [0.15, 0.2) is 0 Å². The van der Waals surface area contributed by atoms with E-state index in [0.717, 1.165) is 28.1 Å². The maximum Gasteiger partial charge on any atom is 0.408 e. The molecule has 190 valence electrons. The number of aliphatic carboxylic acids is 1. The molecule has 1 aromatic heterocycles. The molecule has 0 bridgehead atoms. The van der Waals surface area contributed by atoms with Gasteiger partial charge in [-0.05, 0) is 42.3 Å². The fourth-order valence-corrected chi connectivity index (χ4v) is 3.69. The van der Waals surface area contributed by atoms with Crippen LogP contribution in [0.15, 0.2) is 89.3 Å². The fourth-order valence-electron chi connectivity index (χ4n) is 3.69. The number of ether oxygens (including phenoxy) is 2. The van der Waals surface area contributed by atoms with Crippen LogP contribution >= 0.6 is 0 Å². The Morgan fingerprint density at radius 2 is 1.62 bits per heavy atom. The number of hydrogen-bond acceptors (Lipinski definition) is 6. The molecule has 1 atom stereocenters. The molecule has 0 aliphatic rings. The molecule has 2 N–H and O–H groups in total. The summed E-state index contributed by atoms with van der Waals surface area (Å²) < 4.78 is 16.8. The Bertz CT molecular complexity index is 1300. The van der Waals surface area contributed by atoms with Crippen LogP contribution in [0.1, 0.15) is 22.6 Å². The zero-order valence-electron chi connectivity index (χ0n) is 20.4. The molecular formula is C29H28N2O6. The summed E-state index contributed by atoms with van der Waals surface area (Å²) in [6.45, 7) is 2.36. The van der Waals surface area contributed by atoms with Gasteiger partial charge in [-0.25, -0.2) is 14.6 Å². The summed E-state index contributed by atoms with van der Waals surface area (Å²) in [5.74, 6) is 0.848. The zero-order chi connectivity index (χ0) is 26.0. The van der Waals surface area contributed by atoms with Crippen molar-refractivity contribution in [2.45, 2.75) is 32.4 Å². The third-order valence-corrected chi connectivity index (χ3v) is 5.69. The Balaban J connectivity index is 1.25.